The number of hydrogen-bond acceptors (Lipinski definition) is 5. The van der Waals surface area contributed by atoms with Crippen molar-refractivity contribution in [3.8, 4) is 0 Å². The Morgan fingerprint density at radius 3 is 1.88 bits per heavy atom. The minimum Gasteiger partial charge on any atom is -0.375 e. The Morgan fingerprint density at radius 1 is 1.06 bits per heavy atom. The summed E-state index contributed by atoms with van der Waals surface area (Å²) in [4.78, 5) is 10.8. The topological polar surface area (TPSA) is 59.6 Å². The van der Waals surface area contributed by atoms with Crippen LogP contribution < -0.4 is 10.6 Å². The second-order valence-electron chi connectivity index (χ2n) is 6.19. The van der Waals surface area contributed by atoms with Gasteiger partial charge in [-0.15, -0.1) is 0 Å². The summed E-state index contributed by atoms with van der Waals surface area (Å²) in [6.45, 7) is 12.5. The molecule has 0 aliphatic carbocycles. The predicted octanol–water partition coefficient (Wildman–Crippen LogP) is 1.58. The summed E-state index contributed by atoms with van der Waals surface area (Å²) in [6.07, 6.45) is -0.632. The highest BCUT2D eigenvalue weighted by Crippen LogP contribution is 2.25. The Hall–Kier alpha value is -0.810. The number of hydrogen-bond donors (Lipinski definition) is 2. The van der Waals surface area contributed by atoms with Gasteiger partial charge >= 0.3 is 12.1 Å². The molecule has 0 amide bonds. The molecular weight excluding hydrogens is 208 g/mol. The Balaban J connectivity index is 2.57. The minimum absolute atomic E-state index is 0.0576. The first-order chi connectivity index (χ1) is 7.02. The number of nitrogens with one attached hydrogen (secondary N) is 2. The van der Waals surface area contributed by atoms with Gasteiger partial charge < -0.3 is 14.8 Å². The number of rotatable bonds is 3. The summed E-state index contributed by atoms with van der Waals surface area (Å²) in [7, 11) is 0. The first-order valence-corrected chi connectivity index (χ1v) is 5.48. The van der Waals surface area contributed by atoms with Crippen molar-refractivity contribution >= 4 is 6.16 Å². The smallest absolute Gasteiger partial charge is 0.375 e. The second kappa shape index (κ2) is 3.89. The SMILES string of the molecule is CC(C)(C)NCC1(NC(C)(C)C)OC(=O)O1. The Kier molecular flexibility index (Phi) is 3.22. The van der Waals surface area contributed by atoms with E-state index in [1.54, 1.807) is 0 Å². The second-order valence-corrected chi connectivity index (χ2v) is 6.19. The molecule has 0 aromatic heterocycles. The molecule has 0 spiro atoms. The van der Waals surface area contributed by atoms with Crippen LogP contribution in [0, 0.1) is 0 Å². The maximum Gasteiger partial charge on any atom is 0.517 e. The molecule has 0 radical (unpaired) electrons. The lowest BCUT2D eigenvalue weighted by Crippen LogP contribution is -2.70. The molecule has 1 aliphatic heterocycles. The predicted molar refractivity (Wildman–Crippen MR) is 60.9 cm³/mol. The molecule has 0 unspecified atom stereocenters. The van der Waals surface area contributed by atoms with Gasteiger partial charge in [0.2, 0.25) is 0 Å². The molecule has 0 saturated carbocycles. The van der Waals surface area contributed by atoms with Gasteiger partial charge in [-0.2, -0.15) is 0 Å². The quantitative estimate of drug-likeness (QED) is 0.721. The summed E-state index contributed by atoms with van der Waals surface area (Å²) < 4.78 is 10.1. The van der Waals surface area contributed by atoms with Crippen LogP contribution in [0.1, 0.15) is 41.5 Å². The number of carbonyl (C=O) groups excluding carboxylic acids is 1. The molecule has 1 aliphatic rings. The van der Waals surface area contributed by atoms with Gasteiger partial charge in [-0.1, -0.05) is 0 Å². The molecular formula is C11H22N2O3. The van der Waals surface area contributed by atoms with Crippen molar-refractivity contribution in [1.82, 2.24) is 10.6 Å². The molecule has 1 saturated heterocycles. The van der Waals surface area contributed by atoms with Crippen LogP contribution in [0.2, 0.25) is 0 Å². The fourth-order valence-electron chi connectivity index (χ4n) is 1.40. The van der Waals surface area contributed by atoms with Crippen molar-refractivity contribution in [2.24, 2.45) is 0 Å². The maximum absolute atomic E-state index is 10.8. The van der Waals surface area contributed by atoms with E-state index in [4.69, 9.17) is 9.47 Å². The van der Waals surface area contributed by atoms with Crippen LogP contribution in [0.3, 0.4) is 0 Å². The van der Waals surface area contributed by atoms with Crippen molar-refractivity contribution in [1.29, 1.82) is 0 Å². The number of cyclic esters (lactones) is 2. The molecule has 0 atom stereocenters. The van der Waals surface area contributed by atoms with E-state index >= 15 is 0 Å². The first kappa shape index (κ1) is 13.3. The van der Waals surface area contributed by atoms with Gasteiger partial charge in [-0.25, -0.2) is 10.1 Å². The van der Waals surface area contributed by atoms with Gasteiger partial charge in [0.25, 0.3) is 0 Å². The van der Waals surface area contributed by atoms with Crippen molar-refractivity contribution in [2.45, 2.75) is 58.5 Å². The molecule has 1 heterocycles. The Morgan fingerprint density at radius 2 is 1.56 bits per heavy atom. The lowest BCUT2D eigenvalue weighted by molar-refractivity contribution is -0.293. The zero-order valence-corrected chi connectivity index (χ0v) is 10.9. The van der Waals surface area contributed by atoms with E-state index in [-0.39, 0.29) is 11.1 Å². The minimum atomic E-state index is -1.03. The van der Waals surface area contributed by atoms with Gasteiger partial charge in [-0.3, -0.25) is 0 Å². The van der Waals surface area contributed by atoms with E-state index in [2.05, 4.69) is 10.6 Å². The summed E-state index contributed by atoms with van der Waals surface area (Å²) in [6, 6.07) is 0. The third-order valence-corrected chi connectivity index (χ3v) is 1.91. The van der Waals surface area contributed by atoms with Crippen molar-refractivity contribution in [3.05, 3.63) is 0 Å². The van der Waals surface area contributed by atoms with E-state index in [1.165, 1.54) is 0 Å². The van der Waals surface area contributed by atoms with Crippen LogP contribution >= 0.6 is 0 Å². The number of carbonyl (C=O) groups is 1. The zero-order chi connectivity index (χ0) is 12.6. The van der Waals surface area contributed by atoms with E-state index in [9.17, 15) is 4.79 Å². The van der Waals surface area contributed by atoms with Gasteiger partial charge in [0, 0.05) is 11.1 Å². The third kappa shape index (κ3) is 3.98. The normalized spacial score (nSPS) is 19.8. The third-order valence-electron chi connectivity index (χ3n) is 1.91. The lowest BCUT2D eigenvalue weighted by Gasteiger charge is -2.44. The molecule has 16 heavy (non-hydrogen) atoms. The average Bonchev–Trinajstić information content (AvgIpc) is 1.93. The Bertz CT molecular complexity index is 268. The Labute approximate surface area is 96.9 Å². The molecule has 0 aromatic rings. The van der Waals surface area contributed by atoms with Gasteiger partial charge in [0.1, 0.15) is 0 Å². The van der Waals surface area contributed by atoms with Crippen molar-refractivity contribution < 1.29 is 14.3 Å². The van der Waals surface area contributed by atoms with Crippen LogP contribution in [0.5, 0.6) is 0 Å². The van der Waals surface area contributed by atoms with Gasteiger partial charge in [0.15, 0.2) is 0 Å². The first-order valence-electron chi connectivity index (χ1n) is 5.48. The summed E-state index contributed by atoms with van der Waals surface area (Å²) in [5.74, 6) is -1.03. The lowest BCUT2D eigenvalue weighted by atomic mass is 10.1. The largest absolute Gasteiger partial charge is 0.517 e. The molecule has 94 valence electrons. The molecule has 2 N–H and O–H groups in total. The molecule has 5 heteroatoms. The van der Waals surface area contributed by atoms with E-state index < -0.39 is 12.1 Å². The highest BCUT2D eigenvalue weighted by Gasteiger charge is 2.51. The van der Waals surface area contributed by atoms with Gasteiger partial charge in [-0.05, 0) is 41.5 Å². The van der Waals surface area contributed by atoms with Crippen LogP contribution in [0.15, 0.2) is 0 Å². The van der Waals surface area contributed by atoms with Crippen molar-refractivity contribution in [2.75, 3.05) is 6.54 Å². The molecule has 5 nitrogen and oxygen atoms in total. The van der Waals surface area contributed by atoms with Crippen LogP contribution in [0.25, 0.3) is 0 Å². The monoisotopic (exact) mass is 230 g/mol. The van der Waals surface area contributed by atoms with Crippen LogP contribution in [0.4, 0.5) is 4.79 Å². The molecule has 1 rings (SSSR count). The van der Waals surface area contributed by atoms with Crippen molar-refractivity contribution in [3.63, 3.8) is 0 Å². The fraction of sp³-hybridized carbons (Fsp3) is 0.909. The summed E-state index contributed by atoms with van der Waals surface area (Å²) in [5, 5.41) is 6.39. The average molecular weight is 230 g/mol. The maximum atomic E-state index is 10.8. The molecule has 1 fully saturated rings. The fourth-order valence-corrected chi connectivity index (χ4v) is 1.40. The highest BCUT2D eigenvalue weighted by atomic mass is 16.9. The summed E-state index contributed by atoms with van der Waals surface area (Å²) >= 11 is 0. The van der Waals surface area contributed by atoms with E-state index in [1.807, 2.05) is 41.5 Å². The zero-order valence-electron chi connectivity index (χ0n) is 10.9. The van der Waals surface area contributed by atoms with Gasteiger partial charge in [0.05, 0.1) is 6.54 Å². The van der Waals surface area contributed by atoms with Crippen LogP contribution in [-0.4, -0.2) is 29.7 Å². The van der Waals surface area contributed by atoms with E-state index in [0.717, 1.165) is 0 Å². The van der Waals surface area contributed by atoms with E-state index in [0.29, 0.717) is 6.54 Å². The molecule has 0 bridgehead atoms. The highest BCUT2D eigenvalue weighted by molar-refractivity contribution is 5.65. The number of ether oxygens (including phenoxy) is 2. The van der Waals surface area contributed by atoms with Crippen LogP contribution in [-0.2, 0) is 9.47 Å². The summed E-state index contributed by atoms with van der Waals surface area (Å²) in [5.41, 5.74) is -0.252. The molecule has 0 aromatic carbocycles. The standard InChI is InChI=1S/C11H22N2O3/c1-9(2,3)12-7-11(13-10(4,5)6)15-8(14)16-11/h12-13H,7H2,1-6H3.